The number of aliphatic hydroxyl groups excluding tert-OH is 1. The molecule has 1 unspecified atom stereocenters. The Balaban J connectivity index is 1.73. The predicted molar refractivity (Wildman–Crippen MR) is 132 cm³/mol. The maximum absolute atomic E-state index is 13.2. The van der Waals surface area contributed by atoms with Crippen molar-refractivity contribution in [2.75, 3.05) is 13.2 Å². The minimum absolute atomic E-state index is 0.0857. The van der Waals surface area contributed by atoms with Gasteiger partial charge in [-0.25, -0.2) is 4.98 Å². The van der Waals surface area contributed by atoms with Gasteiger partial charge in [0.25, 0.3) is 11.7 Å². The van der Waals surface area contributed by atoms with Crippen molar-refractivity contribution in [3.63, 3.8) is 0 Å². The van der Waals surface area contributed by atoms with Crippen LogP contribution < -0.4 is 4.74 Å². The molecular formula is C26H26BrN3O4. The Morgan fingerprint density at radius 3 is 2.65 bits per heavy atom. The number of aliphatic hydroxyl groups is 1. The molecule has 0 spiro atoms. The molecule has 0 bridgehead atoms. The Labute approximate surface area is 206 Å². The van der Waals surface area contributed by atoms with E-state index in [4.69, 9.17) is 4.74 Å². The highest BCUT2D eigenvalue weighted by Crippen LogP contribution is 2.40. The number of benzene rings is 2. The summed E-state index contributed by atoms with van der Waals surface area (Å²) >= 11 is 3.38. The van der Waals surface area contributed by atoms with Crippen LogP contribution in [0, 0.1) is 0 Å². The largest absolute Gasteiger partial charge is 0.507 e. The highest BCUT2D eigenvalue weighted by atomic mass is 79.9. The summed E-state index contributed by atoms with van der Waals surface area (Å²) in [6.45, 7) is 3.59. The molecule has 4 rings (SSSR count). The van der Waals surface area contributed by atoms with Gasteiger partial charge in [0.2, 0.25) is 0 Å². The Morgan fingerprint density at radius 2 is 1.94 bits per heavy atom. The van der Waals surface area contributed by atoms with E-state index in [1.54, 1.807) is 41.7 Å². The second kappa shape index (κ2) is 10.7. The lowest BCUT2D eigenvalue weighted by Gasteiger charge is -2.26. The predicted octanol–water partition coefficient (Wildman–Crippen LogP) is 4.95. The fourth-order valence-electron chi connectivity index (χ4n) is 4.06. The zero-order chi connectivity index (χ0) is 24.1. The maximum atomic E-state index is 13.2. The van der Waals surface area contributed by atoms with Crippen molar-refractivity contribution >= 4 is 33.4 Å². The van der Waals surface area contributed by atoms with E-state index in [0.717, 1.165) is 10.9 Å². The number of imidazole rings is 1. The number of nitrogens with zero attached hydrogens (tertiary/aromatic N) is 3. The van der Waals surface area contributed by atoms with Gasteiger partial charge in [0.05, 0.1) is 24.5 Å². The lowest BCUT2D eigenvalue weighted by molar-refractivity contribution is -0.139. The zero-order valence-electron chi connectivity index (χ0n) is 18.9. The van der Waals surface area contributed by atoms with Gasteiger partial charge in [-0.2, -0.15) is 0 Å². The molecule has 1 aliphatic rings. The third-order valence-electron chi connectivity index (χ3n) is 5.68. The molecule has 0 radical (unpaired) electrons. The molecule has 2 heterocycles. The number of aromatic nitrogens is 2. The molecule has 1 saturated heterocycles. The van der Waals surface area contributed by atoms with E-state index in [9.17, 15) is 14.7 Å². The highest BCUT2D eigenvalue weighted by molar-refractivity contribution is 9.10. The van der Waals surface area contributed by atoms with Crippen LogP contribution in [0.1, 0.15) is 36.9 Å². The van der Waals surface area contributed by atoms with Crippen molar-refractivity contribution in [1.29, 1.82) is 0 Å². The summed E-state index contributed by atoms with van der Waals surface area (Å²) in [5.74, 6) is -0.832. The number of Topliss-reactive ketones (excluding diaryl/α,β-unsaturated/α-hetero) is 1. The molecule has 1 atom stereocenters. The molecule has 1 aromatic heterocycles. The molecule has 1 amide bonds. The third-order valence-corrected chi connectivity index (χ3v) is 6.21. The van der Waals surface area contributed by atoms with Gasteiger partial charge in [0.1, 0.15) is 11.5 Å². The average molecular weight is 524 g/mol. The minimum atomic E-state index is -0.711. The van der Waals surface area contributed by atoms with E-state index in [2.05, 4.69) is 20.9 Å². The normalized spacial score (nSPS) is 17.4. The molecule has 0 saturated carbocycles. The van der Waals surface area contributed by atoms with Crippen LogP contribution in [0.15, 0.2) is 77.3 Å². The summed E-state index contributed by atoms with van der Waals surface area (Å²) in [5, 5.41) is 11.2. The number of ether oxygens (including phenoxy) is 1. The number of likely N-dealkylation sites (tertiary alicyclic amines) is 1. The van der Waals surface area contributed by atoms with Gasteiger partial charge < -0.3 is 19.3 Å². The molecule has 7 nitrogen and oxygen atoms in total. The van der Waals surface area contributed by atoms with Gasteiger partial charge in [0, 0.05) is 35.5 Å². The number of carbonyl (C=O) groups excluding carboxylic acids is 2. The first-order chi connectivity index (χ1) is 16.5. The molecule has 3 aromatic rings. The van der Waals surface area contributed by atoms with Crippen molar-refractivity contribution < 1.29 is 19.4 Å². The topological polar surface area (TPSA) is 84.7 Å². The lowest BCUT2D eigenvalue weighted by atomic mass is 9.95. The summed E-state index contributed by atoms with van der Waals surface area (Å²) in [7, 11) is 0. The Kier molecular flexibility index (Phi) is 7.47. The van der Waals surface area contributed by atoms with Gasteiger partial charge in [-0.3, -0.25) is 9.59 Å². The smallest absolute Gasteiger partial charge is 0.295 e. The number of rotatable bonds is 9. The van der Waals surface area contributed by atoms with Crippen molar-refractivity contribution in [3.8, 4) is 5.75 Å². The van der Waals surface area contributed by atoms with Crippen LogP contribution >= 0.6 is 15.9 Å². The van der Waals surface area contributed by atoms with Crippen molar-refractivity contribution in [2.24, 2.45) is 0 Å². The van der Waals surface area contributed by atoms with Gasteiger partial charge in [0.15, 0.2) is 0 Å². The quantitative estimate of drug-likeness (QED) is 0.243. The molecular weight excluding hydrogens is 498 g/mol. The SMILES string of the molecule is CCCOc1cccc(C2C(=C(O)c3ccc(Br)cc3)C(=O)C(=O)N2CCCn2ccnc2)c1. The minimum Gasteiger partial charge on any atom is -0.507 e. The monoisotopic (exact) mass is 523 g/mol. The Morgan fingerprint density at radius 1 is 1.15 bits per heavy atom. The molecule has 8 heteroatoms. The van der Waals surface area contributed by atoms with E-state index in [1.807, 2.05) is 42.0 Å². The second-order valence-corrected chi connectivity index (χ2v) is 8.99. The summed E-state index contributed by atoms with van der Waals surface area (Å²) in [4.78, 5) is 31.9. The summed E-state index contributed by atoms with van der Waals surface area (Å²) in [6, 6.07) is 13.7. The first-order valence-electron chi connectivity index (χ1n) is 11.2. The molecule has 1 N–H and O–H groups in total. The molecule has 0 aliphatic carbocycles. The fraction of sp³-hybridized carbons (Fsp3) is 0.269. The molecule has 1 fully saturated rings. The Bertz CT molecular complexity index is 1190. The number of hydrogen-bond acceptors (Lipinski definition) is 5. The van der Waals surface area contributed by atoms with Crippen LogP contribution in [0.4, 0.5) is 0 Å². The second-order valence-electron chi connectivity index (χ2n) is 8.07. The zero-order valence-corrected chi connectivity index (χ0v) is 20.4. The van der Waals surface area contributed by atoms with Crippen LogP contribution in [-0.2, 0) is 16.1 Å². The number of carbonyl (C=O) groups is 2. The van der Waals surface area contributed by atoms with Crippen molar-refractivity contribution in [3.05, 3.63) is 88.4 Å². The number of amides is 1. The summed E-state index contributed by atoms with van der Waals surface area (Å²) in [5.41, 5.74) is 1.28. The van der Waals surface area contributed by atoms with E-state index in [1.165, 1.54) is 0 Å². The molecule has 2 aromatic carbocycles. The van der Waals surface area contributed by atoms with Crippen LogP contribution in [0.2, 0.25) is 0 Å². The summed E-state index contributed by atoms with van der Waals surface area (Å²) < 4.78 is 8.56. The van der Waals surface area contributed by atoms with Crippen LogP contribution in [0.25, 0.3) is 5.76 Å². The highest BCUT2D eigenvalue weighted by Gasteiger charge is 2.45. The van der Waals surface area contributed by atoms with E-state index in [0.29, 0.717) is 43.0 Å². The average Bonchev–Trinajstić information content (AvgIpc) is 3.45. The lowest BCUT2D eigenvalue weighted by Crippen LogP contribution is -2.31. The van der Waals surface area contributed by atoms with Gasteiger partial charge in [-0.1, -0.05) is 47.1 Å². The van der Waals surface area contributed by atoms with E-state index in [-0.39, 0.29) is 11.3 Å². The van der Waals surface area contributed by atoms with Gasteiger partial charge in [-0.05, 0) is 42.7 Å². The number of hydrogen-bond donors (Lipinski definition) is 1. The van der Waals surface area contributed by atoms with E-state index >= 15 is 0 Å². The summed E-state index contributed by atoms with van der Waals surface area (Å²) in [6.07, 6.45) is 6.76. The van der Waals surface area contributed by atoms with Crippen LogP contribution in [0.3, 0.4) is 0 Å². The molecule has 176 valence electrons. The van der Waals surface area contributed by atoms with Crippen LogP contribution in [0.5, 0.6) is 5.75 Å². The molecule has 34 heavy (non-hydrogen) atoms. The number of aryl methyl sites for hydroxylation is 1. The number of ketones is 1. The van der Waals surface area contributed by atoms with Gasteiger partial charge >= 0.3 is 0 Å². The van der Waals surface area contributed by atoms with E-state index < -0.39 is 17.7 Å². The first kappa shape index (κ1) is 23.8. The number of halogens is 1. The Hall–Kier alpha value is -3.39. The van der Waals surface area contributed by atoms with Gasteiger partial charge in [-0.15, -0.1) is 0 Å². The third kappa shape index (κ3) is 5.07. The first-order valence-corrected chi connectivity index (χ1v) is 12.0. The fourth-order valence-corrected chi connectivity index (χ4v) is 4.32. The van der Waals surface area contributed by atoms with Crippen molar-refractivity contribution in [1.82, 2.24) is 14.5 Å². The van der Waals surface area contributed by atoms with Crippen LogP contribution in [-0.4, -0.2) is 44.4 Å². The maximum Gasteiger partial charge on any atom is 0.295 e. The standard InChI is InChI=1S/C26H26BrN3O4/c1-2-15-34-21-6-3-5-19(16-21)23-22(24(31)18-7-9-20(27)10-8-18)25(32)26(33)30(23)13-4-12-29-14-11-28-17-29/h3,5-11,14,16-17,23,31H,2,4,12-13,15H2,1H3. The van der Waals surface area contributed by atoms with Crippen molar-refractivity contribution in [2.45, 2.75) is 32.4 Å². The molecule has 1 aliphatic heterocycles.